The van der Waals surface area contributed by atoms with Crippen LogP contribution < -0.4 is 21.4 Å². The summed E-state index contributed by atoms with van der Waals surface area (Å²) in [6, 6.07) is 17.4. The van der Waals surface area contributed by atoms with Gasteiger partial charge in [-0.3, -0.25) is 19.8 Å². The molecule has 1 aliphatic rings. The van der Waals surface area contributed by atoms with Crippen LogP contribution >= 0.6 is 0 Å². The van der Waals surface area contributed by atoms with Crippen molar-refractivity contribution in [3.8, 4) is 0 Å². The molecule has 4 rings (SSSR count). The van der Waals surface area contributed by atoms with Gasteiger partial charge in [-0.1, -0.05) is 24.3 Å². The van der Waals surface area contributed by atoms with E-state index in [1.807, 2.05) is 25.1 Å². The van der Waals surface area contributed by atoms with Crippen molar-refractivity contribution in [2.75, 3.05) is 34.5 Å². The molecule has 5 amide bonds. The van der Waals surface area contributed by atoms with Crippen molar-refractivity contribution in [1.82, 2.24) is 9.91 Å². The van der Waals surface area contributed by atoms with Crippen molar-refractivity contribution >= 4 is 52.7 Å². The van der Waals surface area contributed by atoms with E-state index in [9.17, 15) is 29.1 Å². The van der Waals surface area contributed by atoms with E-state index in [2.05, 4.69) is 21.4 Å². The molecule has 6 N–H and O–H groups in total. The quantitative estimate of drug-likeness (QED) is 0.227. The first-order valence-electron chi connectivity index (χ1n) is 12.5. The third-order valence-corrected chi connectivity index (χ3v) is 6.17. The lowest BCUT2D eigenvalue weighted by atomic mass is 10.1. The number of para-hydroxylation sites is 1. The average molecular weight is 561 g/mol. The fourth-order valence-corrected chi connectivity index (χ4v) is 4.08. The molecule has 0 spiro atoms. The zero-order chi connectivity index (χ0) is 29.5. The Morgan fingerprint density at radius 2 is 1.56 bits per heavy atom. The predicted octanol–water partition coefficient (Wildman–Crippen LogP) is 4.02. The smallest absolute Gasteiger partial charge is 0.339 e. The van der Waals surface area contributed by atoms with Gasteiger partial charge >= 0.3 is 24.0 Å². The monoisotopic (exact) mass is 560 g/mol. The lowest BCUT2D eigenvalue weighted by Crippen LogP contribution is -2.46. The highest BCUT2D eigenvalue weighted by Crippen LogP contribution is 2.26. The molecule has 0 saturated carbocycles. The van der Waals surface area contributed by atoms with Crippen molar-refractivity contribution in [1.29, 1.82) is 0 Å². The minimum absolute atomic E-state index is 0.0261. The summed E-state index contributed by atoms with van der Waals surface area (Å²) in [6.07, 6.45) is -0.311. The van der Waals surface area contributed by atoms with Gasteiger partial charge in [0.2, 0.25) is 0 Å². The molecule has 0 aromatic heterocycles. The number of fused-ring (bicyclic) bond motifs is 1. The van der Waals surface area contributed by atoms with E-state index in [4.69, 9.17) is 5.11 Å². The highest BCUT2D eigenvalue weighted by molar-refractivity contribution is 6.05. The topological polar surface area (TPSA) is 180 Å². The molecule has 1 aliphatic heterocycles. The number of benzene rings is 3. The normalized spacial score (nSPS) is 12.5. The number of nitrogens with zero attached hydrogens (tertiary/aromatic N) is 2. The summed E-state index contributed by atoms with van der Waals surface area (Å²) in [4.78, 5) is 61.7. The fourth-order valence-electron chi connectivity index (χ4n) is 4.08. The molecule has 0 unspecified atom stereocenters. The highest BCUT2D eigenvalue weighted by Gasteiger charge is 2.29. The van der Waals surface area contributed by atoms with Gasteiger partial charge in [0.25, 0.3) is 5.91 Å². The number of carbonyl (C=O) groups is 5. The van der Waals surface area contributed by atoms with E-state index in [1.165, 1.54) is 11.0 Å². The number of urea groups is 2. The number of hydrazine groups is 1. The van der Waals surface area contributed by atoms with E-state index in [0.29, 0.717) is 28.3 Å². The second kappa shape index (κ2) is 12.5. The minimum Gasteiger partial charge on any atom is -0.481 e. The molecule has 0 saturated heterocycles. The molecular weight excluding hydrogens is 532 g/mol. The van der Waals surface area contributed by atoms with Crippen molar-refractivity contribution in [2.45, 2.75) is 19.9 Å². The Balaban J connectivity index is 1.43. The Morgan fingerprint density at radius 1 is 0.878 bits per heavy atom. The summed E-state index contributed by atoms with van der Waals surface area (Å²) < 4.78 is 0. The molecule has 13 heteroatoms. The summed E-state index contributed by atoms with van der Waals surface area (Å²) >= 11 is 0. The summed E-state index contributed by atoms with van der Waals surface area (Å²) in [5, 5.41) is 27.4. The Bertz CT molecular complexity index is 1490. The van der Waals surface area contributed by atoms with Crippen molar-refractivity contribution in [2.24, 2.45) is 0 Å². The molecule has 0 bridgehead atoms. The van der Waals surface area contributed by atoms with Crippen LogP contribution in [0, 0.1) is 6.92 Å². The Hall–Kier alpha value is -5.59. The summed E-state index contributed by atoms with van der Waals surface area (Å²) in [5.41, 5.74) is 6.48. The van der Waals surface area contributed by atoms with E-state index >= 15 is 0 Å². The molecule has 41 heavy (non-hydrogen) atoms. The number of carbonyl (C=O) groups excluding carboxylic acids is 3. The zero-order valence-corrected chi connectivity index (χ0v) is 22.0. The number of aliphatic carboxylic acids is 2. The molecule has 1 heterocycles. The second-order valence-corrected chi connectivity index (χ2v) is 9.24. The molecular formula is C28H28N6O7. The average Bonchev–Trinajstić information content (AvgIpc) is 3.05. The zero-order valence-electron chi connectivity index (χ0n) is 22.0. The number of anilines is 4. The maximum Gasteiger partial charge on any atom is 0.339 e. The van der Waals surface area contributed by atoms with Crippen molar-refractivity contribution < 1.29 is 34.2 Å². The summed E-state index contributed by atoms with van der Waals surface area (Å²) in [5.74, 6) is -2.83. The number of hydrogen-bond donors (Lipinski definition) is 6. The molecule has 3 aromatic rings. The van der Waals surface area contributed by atoms with Crippen LogP contribution in [0.4, 0.5) is 32.3 Å². The number of rotatable bonds is 9. The number of hydrogen-bond acceptors (Lipinski definition) is 6. The number of carboxylic acid groups (broad SMARTS) is 2. The van der Waals surface area contributed by atoms with Crippen LogP contribution in [0.1, 0.15) is 27.9 Å². The highest BCUT2D eigenvalue weighted by atomic mass is 16.4. The van der Waals surface area contributed by atoms with Gasteiger partial charge in [0.1, 0.15) is 6.54 Å². The van der Waals surface area contributed by atoms with Gasteiger partial charge in [0, 0.05) is 35.7 Å². The minimum atomic E-state index is -1.27. The van der Waals surface area contributed by atoms with Crippen LogP contribution in [0.5, 0.6) is 0 Å². The van der Waals surface area contributed by atoms with Gasteiger partial charge < -0.3 is 31.1 Å². The Kier molecular flexibility index (Phi) is 8.67. The second-order valence-electron chi connectivity index (χ2n) is 9.24. The number of aryl methyl sites for hydroxylation is 1. The van der Waals surface area contributed by atoms with Crippen LogP contribution in [0.15, 0.2) is 66.7 Å². The largest absolute Gasteiger partial charge is 0.481 e. The van der Waals surface area contributed by atoms with Crippen molar-refractivity contribution in [3.63, 3.8) is 0 Å². The third-order valence-electron chi connectivity index (χ3n) is 6.17. The molecule has 0 atom stereocenters. The first kappa shape index (κ1) is 28.4. The van der Waals surface area contributed by atoms with Gasteiger partial charge in [-0.15, -0.1) is 0 Å². The Labute approximate surface area is 234 Å². The first-order valence-corrected chi connectivity index (χ1v) is 12.5. The number of carboxylic acids is 2. The van der Waals surface area contributed by atoms with Crippen LogP contribution in [-0.4, -0.2) is 63.1 Å². The molecule has 0 radical (unpaired) electrons. The SMILES string of the molecule is Cc1ccccc1NC(=O)Nc1ccc(NC(=O)c2ccc3c(c2)NN(CC(=O)O)C(=O)N(CCC(=O)O)C3)cc1. The standard InChI is InChI=1S/C28H28N6O7/c1-17-4-2-3-5-22(17)31-27(40)30-21-10-8-20(9-11-21)29-26(39)18-6-7-19-15-33(13-12-24(35)36)28(41)34(16-25(37)38)32-23(19)14-18/h2-11,14,32H,12-13,15-16H2,1H3,(H,29,39)(H,35,36)(H,37,38)(H2,30,31,40). The summed E-state index contributed by atoms with van der Waals surface area (Å²) in [7, 11) is 0. The first-order chi connectivity index (χ1) is 19.6. The van der Waals surface area contributed by atoms with Crippen LogP contribution in [0.25, 0.3) is 0 Å². The summed E-state index contributed by atoms with van der Waals surface area (Å²) in [6.45, 7) is 1.11. The van der Waals surface area contributed by atoms with E-state index in [-0.39, 0.29) is 25.1 Å². The Morgan fingerprint density at radius 3 is 2.22 bits per heavy atom. The molecule has 3 aromatic carbocycles. The van der Waals surface area contributed by atoms with E-state index in [1.54, 1.807) is 42.5 Å². The lowest BCUT2D eigenvalue weighted by Gasteiger charge is -2.26. The molecule has 0 aliphatic carbocycles. The van der Waals surface area contributed by atoms with Gasteiger partial charge in [-0.05, 0) is 60.5 Å². The van der Waals surface area contributed by atoms with Crippen LogP contribution in [0.3, 0.4) is 0 Å². The van der Waals surface area contributed by atoms with Crippen LogP contribution in [0.2, 0.25) is 0 Å². The van der Waals surface area contributed by atoms with Gasteiger partial charge in [-0.2, -0.15) is 0 Å². The predicted molar refractivity (Wildman–Crippen MR) is 151 cm³/mol. The fraction of sp³-hybridized carbons (Fsp3) is 0.179. The van der Waals surface area contributed by atoms with Gasteiger partial charge in [0.15, 0.2) is 0 Å². The van der Waals surface area contributed by atoms with E-state index < -0.39 is 36.5 Å². The van der Waals surface area contributed by atoms with Gasteiger partial charge in [0.05, 0.1) is 12.1 Å². The van der Waals surface area contributed by atoms with E-state index in [0.717, 1.165) is 10.6 Å². The number of amides is 5. The lowest BCUT2D eigenvalue weighted by molar-refractivity contribution is -0.138. The van der Waals surface area contributed by atoms with Crippen LogP contribution in [-0.2, 0) is 16.1 Å². The molecule has 0 fully saturated rings. The number of nitrogens with one attached hydrogen (secondary N) is 4. The van der Waals surface area contributed by atoms with Crippen molar-refractivity contribution in [3.05, 3.63) is 83.4 Å². The maximum atomic E-state index is 13.0. The maximum absolute atomic E-state index is 13.0. The molecule has 13 nitrogen and oxygen atoms in total. The molecule has 212 valence electrons. The van der Waals surface area contributed by atoms with Gasteiger partial charge in [-0.25, -0.2) is 14.6 Å². The third kappa shape index (κ3) is 7.50.